The highest BCUT2D eigenvalue weighted by Crippen LogP contribution is 2.39. The molecule has 1 heterocycles. The van der Waals surface area contributed by atoms with Crippen molar-refractivity contribution in [3.8, 4) is 5.75 Å². The number of benzene rings is 1. The predicted octanol–water partition coefficient (Wildman–Crippen LogP) is 3.25. The monoisotopic (exact) mass is 316 g/mol. The van der Waals surface area contributed by atoms with E-state index in [1.807, 2.05) is 13.0 Å². The summed E-state index contributed by atoms with van der Waals surface area (Å²) in [5.41, 5.74) is 3.54. The molecule has 1 N–H and O–H groups in total. The summed E-state index contributed by atoms with van der Waals surface area (Å²) in [6.07, 6.45) is 3.56. The number of hydrogen-bond acceptors (Lipinski definition) is 4. The molecule has 0 spiro atoms. The Labute approximate surface area is 137 Å². The van der Waals surface area contributed by atoms with E-state index in [1.54, 1.807) is 13.3 Å². The van der Waals surface area contributed by atoms with Gasteiger partial charge in [-0.2, -0.15) is 0 Å². The van der Waals surface area contributed by atoms with E-state index in [-0.39, 0.29) is 5.91 Å². The third-order valence-corrected chi connectivity index (χ3v) is 3.98. The van der Waals surface area contributed by atoms with Crippen LogP contribution in [0.25, 0.3) is 0 Å². The molecule has 1 aliphatic heterocycles. The maximum Gasteiger partial charge on any atom is 0.221 e. The standard InChI is InChI=1S/C18H24N2O3/c1-12(20-14(3)21)11-19-18-13(2)17(22-4)6-5-16(18)15-7-9-23-10-8-15/h5-6,11,15H,1,7-10H2,2-4H3,(H,20,21)/b19-11-. The van der Waals surface area contributed by atoms with Crippen molar-refractivity contribution >= 4 is 17.8 Å². The number of amides is 1. The Morgan fingerprint density at radius 3 is 2.74 bits per heavy atom. The Morgan fingerprint density at radius 2 is 2.13 bits per heavy atom. The number of carbonyl (C=O) groups excluding carboxylic acids is 1. The van der Waals surface area contributed by atoms with Crippen LogP contribution in [-0.4, -0.2) is 32.4 Å². The van der Waals surface area contributed by atoms with Crippen LogP contribution in [0.3, 0.4) is 0 Å². The zero-order chi connectivity index (χ0) is 16.8. The number of ether oxygens (including phenoxy) is 2. The fourth-order valence-corrected chi connectivity index (χ4v) is 2.83. The van der Waals surface area contributed by atoms with Crippen LogP contribution in [0, 0.1) is 6.92 Å². The Bertz CT molecular complexity index is 617. The minimum atomic E-state index is -0.159. The second-order valence-electron chi connectivity index (χ2n) is 5.68. The summed E-state index contributed by atoms with van der Waals surface area (Å²) in [5.74, 6) is 1.07. The van der Waals surface area contributed by atoms with E-state index in [2.05, 4.69) is 23.0 Å². The van der Waals surface area contributed by atoms with Gasteiger partial charge in [-0.05, 0) is 37.3 Å². The number of nitrogens with zero attached hydrogens (tertiary/aromatic N) is 1. The van der Waals surface area contributed by atoms with Gasteiger partial charge < -0.3 is 14.8 Å². The van der Waals surface area contributed by atoms with Crippen molar-refractivity contribution < 1.29 is 14.3 Å². The van der Waals surface area contributed by atoms with Gasteiger partial charge in [-0.1, -0.05) is 12.6 Å². The average Bonchev–Trinajstić information content (AvgIpc) is 2.53. The summed E-state index contributed by atoms with van der Waals surface area (Å²) in [4.78, 5) is 15.7. The minimum Gasteiger partial charge on any atom is -0.496 e. The van der Waals surface area contributed by atoms with E-state index in [0.717, 1.165) is 43.1 Å². The number of allylic oxidation sites excluding steroid dienone is 1. The minimum absolute atomic E-state index is 0.159. The SMILES string of the molecule is C=C(/C=N\c1c(C2CCOCC2)ccc(OC)c1C)NC(C)=O. The molecule has 0 radical (unpaired) electrons. The van der Waals surface area contributed by atoms with E-state index in [1.165, 1.54) is 12.5 Å². The highest BCUT2D eigenvalue weighted by atomic mass is 16.5. The number of methoxy groups -OCH3 is 1. The second-order valence-corrected chi connectivity index (χ2v) is 5.68. The lowest BCUT2D eigenvalue weighted by Gasteiger charge is -2.25. The van der Waals surface area contributed by atoms with Gasteiger partial charge in [-0.15, -0.1) is 0 Å². The lowest BCUT2D eigenvalue weighted by atomic mass is 9.89. The third kappa shape index (κ3) is 4.42. The van der Waals surface area contributed by atoms with Crippen LogP contribution in [0.5, 0.6) is 5.75 Å². The number of nitrogens with one attached hydrogen (secondary N) is 1. The number of aliphatic imine (C=N–C) groups is 1. The largest absolute Gasteiger partial charge is 0.496 e. The predicted molar refractivity (Wildman–Crippen MR) is 91.6 cm³/mol. The van der Waals surface area contributed by atoms with Crippen LogP contribution in [0.1, 0.15) is 36.8 Å². The van der Waals surface area contributed by atoms with Gasteiger partial charge in [0.1, 0.15) is 5.75 Å². The van der Waals surface area contributed by atoms with E-state index < -0.39 is 0 Å². The zero-order valence-corrected chi connectivity index (χ0v) is 14.0. The number of rotatable bonds is 5. The van der Waals surface area contributed by atoms with Crippen LogP contribution in [-0.2, 0) is 9.53 Å². The summed E-state index contributed by atoms with van der Waals surface area (Å²) in [6.45, 7) is 8.79. The van der Waals surface area contributed by atoms with E-state index in [4.69, 9.17) is 9.47 Å². The van der Waals surface area contributed by atoms with Gasteiger partial charge in [-0.25, -0.2) is 0 Å². The van der Waals surface area contributed by atoms with Crippen LogP contribution in [0.15, 0.2) is 29.4 Å². The molecule has 0 bridgehead atoms. The van der Waals surface area contributed by atoms with E-state index in [0.29, 0.717) is 11.6 Å². The van der Waals surface area contributed by atoms with Crippen LogP contribution in [0.2, 0.25) is 0 Å². The van der Waals surface area contributed by atoms with Gasteiger partial charge in [0, 0.05) is 25.7 Å². The quantitative estimate of drug-likeness (QED) is 0.848. The second kappa shape index (κ2) is 7.92. The van der Waals surface area contributed by atoms with Crippen LogP contribution >= 0.6 is 0 Å². The molecule has 1 fully saturated rings. The fourth-order valence-electron chi connectivity index (χ4n) is 2.83. The van der Waals surface area contributed by atoms with Crippen molar-refractivity contribution in [1.82, 2.24) is 5.32 Å². The Kier molecular flexibility index (Phi) is 5.93. The molecule has 1 aliphatic rings. The van der Waals surface area contributed by atoms with Crippen molar-refractivity contribution in [3.05, 3.63) is 35.5 Å². The molecule has 0 unspecified atom stereocenters. The summed E-state index contributed by atoms with van der Waals surface area (Å²) in [6, 6.07) is 4.07. The molecular formula is C18H24N2O3. The first-order chi connectivity index (χ1) is 11.0. The summed E-state index contributed by atoms with van der Waals surface area (Å²) >= 11 is 0. The molecule has 0 atom stereocenters. The Morgan fingerprint density at radius 1 is 1.43 bits per heavy atom. The third-order valence-electron chi connectivity index (χ3n) is 3.98. The average molecular weight is 316 g/mol. The van der Waals surface area contributed by atoms with Crippen molar-refractivity contribution in [1.29, 1.82) is 0 Å². The molecule has 1 aromatic carbocycles. The van der Waals surface area contributed by atoms with Crippen LogP contribution in [0.4, 0.5) is 5.69 Å². The van der Waals surface area contributed by atoms with Gasteiger partial charge in [-0.3, -0.25) is 9.79 Å². The molecule has 0 aliphatic carbocycles. The first-order valence-corrected chi connectivity index (χ1v) is 7.78. The fraction of sp³-hybridized carbons (Fsp3) is 0.444. The molecule has 1 amide bonds. The molecule has 124 valence electrons. The molecule has 0 aromatic heterocycles. The molecule has 2 rings (SSSR count). The van der Waals surface area contributed by atoms with Crippen molar-refractivity contribution in [2.75, 3.05) is 20.3 Å². The smallest absolute Gasteiger partial charge is 0.221 e. The molecule has 5 nitrogen and oxygen atoms in total. The van der Waals surface area contributed by atoms with E-state index in [9.17, 15) is 4.79 Å². The maximum atomic E-state index is 11.1. The number of carbonyl (C=O) groups is 1. The Balaban J connectivity index is 2.35. The maximum absolute atomic E-state index is 11.1. The first kappa shape index (κ1) is 17.2. The molecular weight excluding hydrogens is 292 g/mol. The first-order valence-electron chi connectivity index (χ1n) is 7.78. The molecule has 1 aromatic rings. The highest BCUT2D eigenvalue weighted by molar-refractivity contribution is 5.88. The molecule has 23 heavy (non-hydrogen) atoms. The number of hydrogen-bond donors (Lipinski definition) is 1. The van der Waals surface area contributed by atoms with Gasteiger partial charge >= 0.3 is 0 Å². The summed E-state index contributed by atoms with van der Waals surface area (Å²) in [5, 5.41) is 2.63. The molecule has 0 saturated carbocycles. The molecule has 1 saturated heterocycles. The van der Waals surface area contributed by atoms with Crippen molar-refractivity contribution in [2.45, 2.75) is 32.6 Å². The van der Waals surface area contributed by atoms with Gasteiger partial charge in [0.15, 0.2) is 0 Å². The zero-order valence-electron chi connectivity index (χ0n) is 14.0. The topological polar surface area (TPSA) is 59.9 Å². The molecule has 5 heteroatoms. The Hall–Kier alpha value is -2.14. The lowest BCUT2D eigenvalue weighted by Crippen LogP contribution is -2.19. The van der Waals surface area contributed by atoms with E-state index >= 15 is 0 Å². The van der Waals surface area contributed by atoms with Gasteiger partial charge in [0.25, 0.3) is 0 Å². The van der Waals surface area contributed by atoms with Crippen molar-refractivity contribution in [3.63, 3.8) is 0 Å². The normalized spacial score (nSPS) is 15.6. The van der Waals surface area contributed by atoms with Gasteiger partial charge in [0.2, 0.25) is 5.91 Å². The van der Waals surface area contributed by atoms with Crippen molar-refractivity contribution in [2.24, 2.45) is 4.99 Å². The van der Waals surface area contributed by atoms with Crippen LogP contribution < -0.4 is 10.1 Å². The lowest BCUT2D eigenvalue weighted by molar-refractivity contribution is -0.118. The summed E-state index contributed by atoms with van der Waals surface area (Å²) in [7, 11) is 1.65. The highest BCUT2D eigenvalue weighted by Gasteiger charge is 2.21. The van der Waals surface area contributed by atoms with Gasteiger partial charge in [0.05, 0.1) is 24.7 Å². The summed E-state index contributed by atoms with van der Waals surface area (Å²) < 4.78 is 10.9.